The van der Waals surface area contributed by atoms with Crippen molar-refractivity contribution < 1.29 is 14.3 Å². The quantitative estimate of drug-likeness (QED) is 0.643. The number of hydrogen-bond donors (Lipinski definition) is 1. The molecule has 148 valence electrons. The van der Waals surface area contributed by atoms with Crippen LogP contribution in [0.5, 0.6) is 5.75 Å². The van der Waals surface area contributed by atoms with Gasteiger partial charge in [0.1, 0.15) is 5.75 Å². The third-order valence-electron chi connectivity index (χ3n) is 4.42. The molecule has 3 aromatic rings. The molecular weight excluding hydrogens is 364 g/mol. The van der Waals surface area contributed by atoms with Crippen LogP contribution in [0.2, 0.25) is 0 Å². The minimum Gasteiger partial charge on any atom is -0.492 e. The van der Waals surface area contributed by atoms with Gasteiger partial charge in [-0.25, -0.2) is 0 Å². The van der Waals surface area contributed by atoms with Crippen LogP contribution in [0.15, 0.2) is 78.9 Å². The van der Waals surface area contributed by atoms with Gasteiger partial charge in [-0.3, -0.25) is 9.59 Å². The summed E-state index contributed by atoms with van der Waals surface area (Å²) in [5.41, 5.74) is 2.52. The van der Waals surface area contributed by atoms with E-state index in [0.717, 1.165) is 5.56 Å². The minimum atomic E-state index is -0.294. The molecule has 0 atom stereocenters. The molecule has 3 aromatic carbocycles. The maximum Gasteiger partial charge on any atom is 0.255 e. The van der Waals surface area contributed by atoms with Crippen molar-refractivity contribution in [3.63, 3.8) is 0 Å². The van der Waals surface area contributed by atoms with E-state index in [0.29, 0.717) is 35.7 Å². The molecule has 0 radical (unpaired) electrons. The number of amides is 2. The molecule has 0 saturated carbocycles. The first-order valence-electron chi connectivity index (χ1n) is 9.51. The van der Waals surface area contributed by atoms with Gasteiger partial charge >= 0.3 is 0 Å². The van der Waals surface area contributed by atoms with E-state index in [9.17, 15) is 9.59 Å². The fourth-order valence-corrected chi connectivity index (χ4v) is 2.99. The normalized spacial score (nSPS) is 10.3. The Morgan fingerprint density at radius 1 is 0.897 bits per heavy atom. The van der Waals surface area contributed by atoms with Crippen LogP contribution in [0.25, 0.3) is 0 Å². The Morgan fingerprint density at radius 2 is 1.59 bits per heavy atom. The molecule has 2 amide bonds. The first-order valence-corrected chi connectivity index (χ1v) is 9.51. The predicted octanol–water partition coefficient (Wildman–Crippen LogP) is 4.61. The number of benzene rings is 3. The molecule has 0 spiro atoms. The fourth-order valence-electron chi connectivity index (χ4n) is 2.99. The topological polar surface area (TPSA) is 58.6 Å². The molecule has 0 fully saturated rings. The van der Waals surface area contributed by atoms with Gasteiger partial charge < -0.3 is 15.0 Å². The highest BCUT2D eigenvalue weighted by Crippen LogP contribution is 2.24. The van der Waals surface area contributed by atoms with Gasteiger partial charge in [-0.1, -0.05) is 48.5 Å². The first kappa shape index (κ1) is 20.1. The highest BCUT2D eigenvalue weighted by molar-refractivity contribution is 6.06. The Kier molecular flexibility index (Phi) is 6.63. The number of anilines is 1. The highest BCUT2D eigenvalue weighted by atomic mass is 16.5. The maximum absolute atomic E-state index is 12.8. The summed E-state index contributed by atoms with van der Waals surface area (Å²) < 4.78 is 5.55. The van der Waals surface area contributed by atoms with E-state index < -0.39 is 0 Å². The third-order valence-corrected chi connectivity index (χ3v) is 4.42. The van der Waals surface area contributed by atoms with Crippen LogP contribution in [0, 0.1) is 0 Å². The largest absolute Gasteiger partial charge is 0.492 e. The van der Waals surface area contributed by atoms with Gasteiger partial charge in [0.05, 0.1) is 12.3 Å². The second-order valence-electron chi connectivity index (χ2n) is 6.61. The summed E-state index contributed by atoms with van der Waals surface area (Å²) in [7, 11) is 1.75. The Balaban J connectivity index is 1.73. The van der Waals surface area contributed by atoms with Gasteiger partial charge in [-0.2, -0.15) is 0 Å². The van der Waals surface area contributed by atoms with Crippen LogP contribution >= 0.6 is 0 Å². The lowest BCUT2D eigenvalue weighted by Gasteiger charge is -2.18. The molecule has 0 bridgehead atoms. The molecule has 0 aliphatic carbocycles. The van der Waals surface area contributed by atoms with Gasteiger partial charge in [0, 0.05) is 24.7 Å². The third kappa shape index (κ3) is 5.23. The number of nitrogens with one attached hydrogen (secondary N) is 1. The second-order valence-corrected chi connectivity index (χ2v) is 6.61. The molecule has 0 unspecified atom stereocenters. The average Bonchev–Trinajstić information content (AvgIpc) is 2.75. The lowest BCUT2D eigenvalue weighted by molar-refractivity contribution is 0.0785. The Hall–Kier alpha value is -3.60. The number of hydrogen-bond acceptors (Lipinski definition) is 3. The van der Waals surface area contributed by atoms with Gasteiger partial charge in [0.15, 0.2) is 0 Å². The van der Waals surface area contributed by atoms with E-state index in [1.165, 1.54) is 0 Å². The molecule has 29 heavy (non-hydrogen) atoms. The summed E-state index contributed by atoms with van der Waals surface area (Å²) >= 11 is 0. The number of ether oxygens (including phenoxy) is 1. The van der Waals surface area contributed by atoms with E-state index in [-0.39, 0.29) is 11.8 Å². The number of rotatable bonds is 7. The van der Waals surface area contributed by atoms with Crippen LogP contribution in [0.4, 0.5) is 5.69 Å². The molecule has 0 aliphatic heterocycles. The SMILES string of the molecule is CCOc1ccccc1NC(=O)c1cccc(C(=O)N(C)Cc2ccccc2)c1. The van der Waals surface area contributed by atoms with Crippen LogP contribution in [-0.2, 0) is 6.54 Å². The van der Waals surface area contributed by atoms with Crippen LogP contribution in [-0.4, -0.2) is 30.4 Å². The molecule has 0 aliphatic rings. The lowest BCUT2D eigenvalue weighted by Crippen LogP contribution is -2.26. The van der Waals surface area contributed by atoms with Crippen LogP contribution in [0.3, 0.4) is 0 Å². The van der Waals surface area contributed by atoms with Crippen molar-refractivity contribution in [2.24, 2.45) is 0 Å². The lowest BCUT2D eigenvalue weighted by atomic mass is 10.1. The standard InChI is InChI=1S/C24H24N2O3/c1-3-29-22-15-8-7-14-21(22)25-23(27)19-12-9-13-20(16-19)24(28)26(2)17-18-10-5-4-6-11-18/h4-16H,3,17H2,1-2H3,(H,25,27). The molecule has 1 N–H and O–H groups in total. The maximum atomic E-state index is 12.8. The van der Waals surface area contributed by atoms with Gasteiger partial charge in [-0.15, -0.1) is 0 Å². The summed E-state index contributed by atoms with van der Waals surface area (Å²) in [5, 5.41) is 2.86. The van der Waals surface area contributed by atoms with Crippen molar-refractivity contribution in [2.45, 2.75) is 13.5 Å². The van der Waals surface area contributed by atoms with E-state index in [1.807, 2.05) is 49.4 Å². The Labute approximate surface area is 170 Å². The number of nitrogens with zero attached hydrogens (tertiary/aromatic N) is 1. The van der Waals surface area contributed by atoms with Gasteiger partial charge in [-0.05, 0) is 42.8 Å². The summed E-state index contributed by atoms with van der Waals surface area (Å²) in [6.45, 7) is 2.89. The van der Waals surface area contributed by atoms with Crippen LogP contribution < -0.4 is 10.1 Å². The van der Waals surface area contributed by atoms with Crippen molar-refractivity contribution in [3.8, 4) is 5.75 Å². The minimum absolute atomic E-state index is 0.141. The summed E-state index contributed by atoms with van der Waals surface area (Å²) in [4.78, 5) is 27.1. The second kappa shape index (κ2) is 9.55. The van der Waals surface area contributed by atoms with Gasteiger partial charge in [0.25, 0.3) is 11.8 Å². The smallest absolute Gasteiger partial charge is 0.255 e. The number of para-hydroxylation sites is 2. The van der Waals surface area contributed by atoms with Crippen molar-refractivity contribution >= 4 is 17.5 Å². The number of carbonyl (C=O) groups is 2. The molecule has 0 saturated heterocycles. The predicted molar refractivity (Wildman–Crippen MR) is 114 cm³/mol. The van der Waals surface area contributed by atoms with Crippen molar-refractivity contribution in [2.75, 3.05) is 19.0 Å². The molecular formula is C24H24N2O3. The summed E-state index contributed by atoms with van der Waals surface area (Å²) in [6.07, 6.45) is 0. The first-order chi connectivity index (χ1) is 14.1. The zero-order valence-corrected chi connectivity index (χ0v) is 16.6. The molecule has 5 nitrogen and oxygen atoms in total. The molecule has 3 rings (SSSR count). The highest BCUT2D eigenvalue weighted by Gasteiger charge is 2.15. The zero-order valence-electron chi connectivity index (χ0n) is 16.6. The van der Waals surface area contributed by atoms with Gasteiger partial charge in [0.2, 0.25) is 0 Å². The monoisotopic (exact) mass is 388 g/mol. The molecule has 0 aromatic heterocycles. The van der Waals surface area contributed by atoms with Crippen molar-refractivity contribution in [3.05, 3.63) is 95.6 Å². The van der Waals surface area contributed by atoms with E-state index in [4.69, 9.17) is 4.74 Å². The van der Waals surface area contributed by atoms with E-state index >= 15 is 0 Å². The fraction of sp³-hybridized carbons (Fsp3) is 0.167. The average molecular weight is 388 g/mol. The van der Waals surface area contributed by atoms with Crippen LogP contribution in [0.1, 0.15) is 33.2 Å². The summed E-state index contributed by atoms with van der Waals surface area (Å²) in [5.74, 6) is 0.175. The van der Waals surface area contributed by atoms with Crippen molar-refractivity contribution in [1.82, 2.24) is 4.90 Å². The molecule has 5 heteroatoms. The van der Waals surface area contributed by atoms with E-state index in [2.05, 4.69) is 5.32 Å². The molecule has 0 heterocycles. The van der Waals surface area contributed by atoms with E-state index in [1.54, 1.807) is 48.3 Å². The van der Waals surface area contributed by atoms with Crippen molar-refractivity contribution in [1.29, 1.82) is 0 Å². The Bertz CT molecular complexity index is 986. The zero-order chi connectivity index (χ0) is 20.6. The summed E-state index contributed by atoms with van der Waals surface area (Å²) in [6, 6.07) is 23.8. The Morgan fingerprint density at radius 3 is 2.34 bits per heavy atom. The number of carbonyl (C=O) groups excluding carboxylic acids is 2.